The minimum absolute atomic E-state index is 0. The van der Waals surface area contributed by atoms with Crippen molar-refractivity contribution in [2.24, 2.45) is 0 Å². The first-order valence-corrected chi connectivity index (χ1v) is 12.0. The van der Waals surface area contributed by atoms with Crippen molar-refractivity contribution in [3.8, 4) is 0 Å². The number of aliphatic hydroxyl groups is 2. The second-order valence-electron chi connectivity index (χ2n) is 7.04. The van der Waals surface area contributed by atoms with Crippen LogP contribution in [0.15, 0.2) is 11.6 Å². The number of allylic oxidation sites excluding steroid dienone is 1. The molecule has 4 unspecified atom stereocenters. The molecule has 0 spiro atoms. The highest BCUT2D eigenvalue weighted by molar-refractivity contribution is 7.88. The Labute approximate surface area is 208 Å². The summed E-state index contributed by atoms with van der Waals surface area (Å²) < 4.78 is 43.5. The van der Waals surface area contributed by atoms with Crippen molar-refractivity contribution in [1.29, 1.82) is 0 Å². The van der Waals surface area contributed by atoms with Gasteiger partial charge in [0, 0.05) is 6.04 Å². The van der Waals surface area contributed by atoms with E-state index in [0.29, 0.717) is 5.49 Å². The Balaban J connectivity index is -0.000000131. The Morgan fingerprint density at radius 3 is 1.60 bits per heavy atom. The maximum Gasteiger partial charge on any atom is 0.337 e. The fourth-order valence-electron chi connectivity index (χ4n) is 1.32. The second kappa shape index (κ2) is 18.0. The first kappa shape index (κ1) is 42.8. The number of nitrogens with one attached hydrogen (secondary N) is 2. The molecule has 0 aliphatic heterocycles. The predicted molar refractivity (Wildman–Crippen MR) is 129 cm³/mol. The second-order valence-corrected chi connectivity index (χ2v) is 9.54. The number of aliphatic hydroxyl groups excluding tert-OH is 1. The lowest BCUT2D eigenvalue weighted by Gasteiger charge is -2.27. The van der Waals surface area contributed by atoms with Gasteiger partial charge in [-0.3, -0.25) is 10.1 Å². The molecule has 210 valence electrons. The zero-order valence-corrected chi connectivity index (χ0v) is 20.8. The number of aliphatic carboxylic acids is 3. The SMILES string of the molecule is C.C.CC(NC=S(=O)=O)C(C)(O)C(=O)O.CC(O)C(C)(NS(C)(=O)=O)C(=O)O.CC=C(C)C(=O)[O-]. The summed E-state index contributed by atoms with van der Waals surface area (Å²) >= 11 is 0. The van der Waals surface area contributed by atoms with Crippen LogP contribution in [-0.4, -0.2) is 90.2 Å². The molecule has 0 amide bonds. The van der Waals surface area contributed by atoms with E-state index in [9.17, 15) is 41.4 Å². The van der Waals surface area contributed by atoms with Gasteiger partial charge in [-0.2, -0.15) is 13.1 Å². The largest absolute Gasteiger partial charge is 0.545 e. The fraction of sp³-hybridized carbons (Fsp3) is 0.684. The Morgan fingerprint density at radius 1 is 1.06 bits per heavy atom. The van der Waals surface area contributed by atoms with E-state index in [1.807, 2.05) is 4.72 Å². The van der Waals surface area contributed by atoms with Gasteiger partial charge in [0.15, 0.2) is 11.1 Å². The van der Waals surface area contributed by atoms with E-state index in [4.69, 9.17) is 15.3 Å². The van der Waals surface area contributed by atoms with Gasteiger partial charge in [-0.25, -0.2) is 13.2 Å². The number of carboxylic acid groups (broad SMARTS) is 3. The molecule has 0 heterocycles. The quantitative estimate of drug-likeness (QED) is 0.136. The zero-order valence-electron chi connectivity index (χ0n) is 19.2. The van der Waals surface area contributed by atoms with Gasteiger partial charge in [0.05, 0.1) is 23.8 Å². The van der Waals surface area contributed by atoms with Crippen LogP contribution in [0.2, 0.25) is 0 Å². The van der Waals surface area contributed by atoms with Gasteiger partial charge < -0.3 is 30.3 Å². The maximum atomic E-state index is 10.8. The summed E-state index contributed by atoms with van der Waals surface area (Å²) in [7, 11) is -6.09. The summed E-state index contributed by atoms with van der Waals surface area (Å²) in [4.78, 5) is 30.9. The standard InChI is InChI=1S/C6H13NO5S.C6H11NO5S.C5H8O2.2CH4/c1-4(8)6(2,5(9)10)7-13(3,11)12;1-4(7-3-13(11)12)6(2,10)5(8)9;1-3-4(2)5(6)7;;/h4,7-8H,1-3H3,(H,9,10);3-4,7,10H,1-2H3,(H,8,9);3H,1-2H3,(H,6,7);2*1H4/p-1. The average molecular weight is 552 g/mol. The van der Waals surface area contributed by atoms with Crippen molar-refractivity contribution in [1.82, 2.24) is 10.0 Å². The molecule has 0 fully saturated rings. The topological polar surface area (TPSA) is 248 Å². The van der Waals surface area contributed by atoms with Crippen molar-refractivity contribution in [3.05, 3.63) is 11.6 Å². The molecule has 0 aromatic carbocycles. The highest BCUT2D eigenvalue weighted by Gasteiger charge is 2.40. The number of sulfonamides is 1. The van der Waals surface area contributed by atoms with Crippen LogP contribution < -0.4 is 15.1 Å². The normalized spacial score (nSPS) is 15.7. The van der Waals surface area contributed by atoms with Crippen molar-refractivity contribution >= 4 is 43.7 Å². The molecule has 0 saturated heterocycles. The molecular weight excluding hydrogens is 512 g/mol. The van der Waals surface area contributed by atoms with Crippen molar-refractivity contribution in [3.63, 3.8) is 0 Å². The Hall–Kier alpha value is -2.37. The van der Waals surface area contributed by atoms with Crippen LogP contribution in [0.1, 0.15) is 56.4 Å². The lowest BCUT2D eigenvalue weighted by molar-refractivity contribution is -0.299. The number of carbonyl (C=O) groups excluding carboxylic acids is 1. The van der Waals surface area contributed by atoms with Crippen LogP contribution in [0.3, 0.4) is 0 Å². The lowest BCUT2D eigenvalue weighted by Crippen LogP contribution is -2.58. The third-order valence-electron chi connectivity index (χ3n) is 4.12. The molecule has 35 heavy (non-hydrogen) atoms. The van der Waals surface area contributed by atoms with Crippen LogP contribution in [-0.2, 0) is 34.7 Å². The molecule has 0 rings (SSSR count). The predicted octanol–water partition coefficient (Wildman–Crippen LogP) is -1.83. The van der Waals surface area contributed by atoms with E-state index in [-0.39, 0.29) is 20.4 Å². The molecule has 0 aliphatic carbocycles. The Morgan fingerprint density at radius 2 is 1.46 bits per heavy atom. The van der Waals surface area contributed by atoms with E-state index in [1.54, 1.807) is 6.92 Å². The van der Waals surface area contributed by atoms with Crippen molar-refractivity contribution in [2.75, 3.05) is 6.26 Å². The van der Waals surface area contributed by atoms with E-state index >= 15 is 0 Å². The monoisotopic (exact) mass is 551 g/mol. The minimum atomic E-state index is -3.66. The highest BCUT2D eigenvalue weighted by Crippen LogP contribution is 2.11. The summed E-state index contributed by atoms with van der Waals surface area (Å²) in [6, 6.07) is -0.900. The minimum Gasteiger partial charge on any atom is -0.545 e. The van der Waals surface area contributed by atoms with Gasteiger partial charge in [0.1, 0.15) is 0 Å². The van der Waals surface area contributed by atoms with Crippen molar-refractivity contribution < 1.29 is 56.8 Å². The average Bonchev–Trinajstić information content (AvgIpc) is 2.64. The third-order valence-corrected chi connectivity index (χ3v) is 5.25. The van der Waals surface area contributed by atoms with E-state index in [0.717, 1.165) is 20.1 Å². The summed E-state index contributed by atoms with van der Waals surface area (Å²) in [5.74, 6) is -3.94. The van der Waals surface area contributed by atoms with Crippen LogP contribution in [0, 0.1) is 0 Å². The van der Waals surface area contributed by atoms with E-state index in [1.165, 1.54) is 26.8 Å². The highest BCUT2D eigenvalue weighted by atomic mass is 32.2. The van der Waals surface area contributed by atoms with Crippen molar-refractivity contribution in [2.45, 2.75) is 79.7 Å². The summed E-state index contributed by atoms with van der Waals surface area (Å²) in [6.07, 6.45) is 1.01. The molecular formula is C19H39N2O12S2-. The number of hydrogen-bond donors (Lipinski definition) is 6. The first-order valence-electron chi connectivity index (χ1n) is 8.94. The van der Waals surface area contributed by atoms with Crippen LogP contribution in [0.4, 0.5) is 0 Å². The molecule has 14 nitrogen and oxygen atoms in total. The molecule has 0 aromatic rings. The molecule has 6 N–H and O–H groups in total. The summed E-state index contributed by atoms with van der Waals surface area (Å²) in [5.41, 5.74) is -2.93. The van der Waals surface area contributed by atoms with Crippen LogP contribution in [0.5, 0.6) is 0 Å². The fourth-order valence-corrected chi connectivity index (χ4v) is 2.66. The molecule has 0 saturated carbocycles. The number of rotatable bonds is 9. The molecule has 0 radical (unpaired) electrons. The van der Waals surface area contributed by atoms with Gasteiger partial charge in [0.25, 0.3) is 0 Å². The summed E-state index contributed by atoms with van der Waals surface area (Å²) in [5, 5.41) is 47.6. The van der Waals surface area contributed by atoms with Crippen LogP contribution >= 0.6 is 0 Å². The lowest BCUT2D eigenvalue weighted by atomic mass is 9.98. The van der Waals surface area contributed by atoms with Gasteiger partial charge in [-0.15, -0.1) is 0 Å². The first-order chi connectivity index (χ1) is 14.6. The number of carbonyl (C=O) groups is 3. The Kier molecular flexibility index (Phi) is 22.0. The molecule has 0 aliphatic rings. The number of carboxylic acids is 3. The Bertz CT molecular complexity index is 946. The smallest absolute Gasteiger partial charge is 0.337 e. The van der Waals surface area contributed by atoms with Crippen LogP contribution in [0.25, 0.3) is 0 Å². The van der Waals surface area contributed by atoms with E-state index < -0.39 is 61.5 Å². The van der Waals surface area contributed by atoms with Gasteiger partial charge >= 0.3 is 11.9 Å². The molecule has 4 atom stereocenters. The third kappa shape index (κ3) is 18.6. The molecule has 0 aromatic heterocycles. The van der Waals surface area contributed by atoms with E-state index in [2.05, 4.69) is 5.32 Å². The molecule has 16 heteroatoms. The molecule has 0 bridgehead atoms. The maximum absolute atomic E-state index is 10.8. The van der Waals surface area contributed by atoms with Gasteiger partial charge in [0.2, 0.25) is 20.3 Å². The number of hydrogen-bond acceptors (Lipinski definition) is 10. The summed E-state index contributed by atoms with van der Waals surface area (Å²) in [6.45, 7) is 7.89. The zero-order chi connectivity index (χ0) is 27.4. The van der Waals surface area contributed by atoms with Gasteiger partial charge in [-0.1, -0.05) is 20.9 Å². The van der Waals surface area contributed by atoms with Gasteiger partial charge in [-0.05, 0) is 47.1 Å².